The number of sulfone groups is 1. The summed E-state index contributed by atoms with van der Waals surface area (Å²) in [5.41, 5.74) is 4.17. The lowest BCUT2D eigenvalue weighted by Crippen LogP contribution is -2.35. The Bertz CT molecular complexity index is 1590. The lowest BCUT2D eigenvalue weighted by atomic mass is 9.93. The fourth-order valence-electron chi connectivity index (χ4n) is 4.55. The fraction of sp³-hybridized carbons (Fsp3) is 0.258. The van der Waals surface area contributed by atoms with Gasteiger partial charge in [0.05, 0.1) is 18.0 Å². The molecule has 9 nitrogen and oxygen atoms in total. The first-order valence-corrected chi connectivity index (χ1v) is 15.3. The molecule has 0 saturated heterocycles. The number of hydrogen-bond donors (Lipinski definition) is 3. The molecule has 0 fully saturated rings. The number of nitrogens with zero attached hydrogens (tertiary/aromatic N) is 1. The highest BCUT2D eigenvalue weighted by Crippen LogP contribution is 2.29. The normalized spacial score (nSPS) is 13.9. The van der Waals surface area contributed by atoms with E-state index in [4.69, 9.17) is 5.11 Å². The molecule has 42 heavy (non-hydrogen) atoms. The van der Waals surface area contributed by atoms with Crippen LogP contribution < -0.4 is 15.5 Å². The predicted octanol–water partition coefficient (Wildman–Crippen LogP) is 5.44. The zero-order chi connectivity index (χ0) is 30.3. The van der Waals surface area contributed by atoms with E-state index in [1.54, 1.807) is 24.3 Å². The molecular weight excluding hydrogens is 561 g/mol. The second-order valence-electron chi connectivity index (χ2n) is 10.1. The topological polar surface area (TPSA) is 133 Å². The summed E-state index contributed by atoms with van der Waals surface area (Å²) >= 11 is 0. The number of anilines is 2. The first-order valence-electron chi connectivity index (χ1n) is 13.4. The Morgan fingerprint density at radius 2 is 1.71 bits per heavy atom. The monoisotopic (exact) mass is 593 g/mol. The van der Waals surface area contributed by atoms with Gasteiger partial charge in [0.2, 0.25) is 6.17 Å². The van der Waals surface area contributed by atoms with Crippen molar-refractivity contribution >= 4 is 44.7 Å². The van der Waals surface area contributed by atoms with Crippen molar-refractivity contribution in [1.29, 1.82) is 0 Å². The minimum atomic E-state index is -3.47. The summed E-state index contributed by atoms with van der Waals surface area (Å²) in [6.45, 7) is -0.537. The number of alkyl halides is 1. The maximum atomic E-state index is 13.6. The number of halogens is 1. The van der Waals surface area contributed by atoms with Crippen molar-refractivity contribution in [2.45, 2.75) is 43.3 Å². The van der Waals surface area contributed by atoms with Crippen LogP contribution in [-0.4, -0.2) is 50.4 Å². The molecule has 0 spiro atoms. The summed E-state index contributed by atoms with van der Waals surface area (Å²) in [7, 11) is -3.47. The van der Waals surface area contributed by atoms with Crippen molar-refractivity contribution in [1.82, 2.24) is 5.32 Å². The van der Waals surface area contributed by atoms with Crippen LogP contribution >= 0.6 is 0 Å². The van der Waals surface area contributed by atoms with Crippen LogP contribution in [0.5, 0.6) is 0 Å². The number of carboxylic acids is 1. The lowest BCUT2D eigenvalue weighted by Gasteiger charge is -2.24. The molecule has 1 unspecified atom stereocenters. The Hall–Kier alpha value is -4.51. The average Bonchev–Trinajstić information content (AvgIpc) is 2.99. The smallest absolute Gasteiger partial charge is 0.340 e. The molecule has 3 aromatic rings. The number of benzene rings is 3. The Balaban J connectivity index is 1.56. The molecule has 0 aliphatic heterocycles. The van der Waals surface area contributed by atoms with Crippen molar-refractivity contribution in [3.8, 4) is 0 Å². The molecule has 1 aliphatic carbocycles. The molecule has 0 bridgehead atoms. The zero-order valence-corrected chi connectivity index (χ0v) is 23.9. The fourth-order valence-corrected chi connectivity index (χ4v) is 5.21. The first-order chi connectivity index (χ1) is 20.0. The Morgan fingerprint density at radius 3 is 2.33 bits per heavy atom. The molecule has 3 N–H and O–H groups in total. The number of rotatable bonds is 10. The van der Waals surface area contributed by atoms with Gasteiger partial charge in [-0.2, -0.15) is 0 Å². The Morgan fingerprint density at radius 1 is 1.00 bits per heavy atom. The van der Waals surface area contributed by atoms with E-state index in [1.807, 2.05) is 24.3 Å². The van der Waals surface area contributed by atoms with Gasteiger partial charge in [-0.15, -0.1) is 0 Å². The number of carbonyl (C=O) groups excluding carboxylic acids is 2. The van der Waals surface area contributed by atoms with Crippen LogP contribution in [0.25, 0.3) is 5.57 Å². The van der Waals surface area contributed by atoms with E-state index in [0.29, 0.717) is 16.9 Å². The van der Waals surface area contributed by atoms with Crippen LogP contribution in [0.3, 0.4) is 0 Å². The first kappa shape index (κ1) is 30.4. The van der Waals surface area contributed by atoms with E-state index < -0.39 is 40.5 Å². The molecule has 3 amide bonds. The number of carboxylic acid groups (broad SMARTS) is 1. The van der Waals surface area contributed by atoms with Crippen LogP contribution in [-0.2, 0) is 21.2 Å². The van der Waals surface area contributed by atoms with Gasteiger partial charge in [-0.05, 0) is 84.8 Å². The molecule has 4 rings (SSSR count). The average molecular weight is 594 g/mol. The van der Waals surface area contributed by atoms with E-state index in [0.717, 1.165) is 31.1 Å². The highest BCUT2D eigenvalue weighted by molar-refractivity contribution is 7.90. The summed E-state index contributed by atoms with van der Waals surface area (Å²) in [6, 6.07) is 19.5. The van der Waals surface area contributed by atoms with Gasteiger partial charge < -0.3 is 15.7 Å². The quantitative estimate of drug-likeness (QED) is 0.287. The zero-order valence-electron chi connectivity index (χ0n) is 23.0. The molecule has 220 valence electrons. The minimum absolute atomic E-state index is 0.0771. The van der Waals surface area contributed by atoms with E-state index in [1.165, 1.54) is 41.2 Å². The largest absolute Gasteiger partial charge is 0.479 e. The van der Waals surface area contributed by atoms with E-state index in [-0.39, 0.29) is 17.0 Å². The van der Waals surface area contributed by atoms with Crippen LogP contribution in [0.2, 0.25) is 0 Å². The summed E-state index contributed by atoms with van der Waals surface area (Å²) in [5, 5.41) is 13.7. The molecule has 11 heteroatoms. The van der Waals surface area contributed by atoms with Crippen molar-refractivity contribution < 1.29 is 32.3 Å². The van der Waals surface area contributed by atoms with Crippen molar-refractivity contribution in [3.63, 3.8) is 0 Å². The third kappa shape index (κ3) is 8.03. The lowest BCUT2D eigenvalue weighted by molar-refractivity contribution is -0.142. The number of hydrogen-bond acceptors (Lipinski definition) is 5. The number of carbonyl (C=O) groups is 3. The minimum Gasteiger partial charge on any atom is -0.479 e. The second-order valence-corrected chi connectivity index (χ2v) is 12.1. The molecule has 1 atom stereocenters. The van der Waals surface area contributed by atoms with Crippen molar-refractivity contribution in [3.05, 3.63) is 95.6 Å². The maximum Gasteiger partial charge on any atom is 0.340 e. The molecule has 0 aromatic heterocycles. The van der Waals surface area contributed by atoms with Crippen LogP contribution in [0.15, 0.2) is 83.8 Å². The molecule has 0 radical (unpaired) electrons. The van der Waals surface area contributed by atoms with Gasteiger partial charge in [0.25, 0.3) is 5.91 Å². The number of nitrogens with one attached hydrogen (secondary N) is 2. The second kappa shape index (κ2) is 13.4. The Labute approximate surface area is 244 Å². The standard InChI is InChI=1S/C31H32FN3O6S/c1-42(40,41)27-9-5-8-25(18-27)34-31(39)35(26-16-14-23(15-17-26)22-6-3-2-4-7-22)20-21-10-12-24(13-11-21)29(36)33-19-28(32)30(37)38/h5-6,8-18,28H,2-4,7,19-20H2,1H3,(H,33,36)(H,34,39)(H,37,38). The van der Waals surface area contributed by atoms with Gasteiger partial charge in [0.1, 0.15) is 0 Å². The highest BCUT2D eigenvalue weighted by atomic mass is 32.2. The molecular formula is C31H32FN3O6S. The van der Waals surface area contributed by atoms with Crippen LogP contribution in [0, 0.1) is 0 Å². The van der Waals surface area contributed by atoms with Gasteiger partial charge in [0.15, 0.2) is 9.84 Å². The van der Waals surface area contributed by atoms with E-state index >= 15 is 0 Å². The molecule has 0 heterocycles. The number of urea groups is 1. The van der Waals surface area contributed by atoms with Gasteiger partial charge in [-0.1, -0.05) is 36.4 Å². The summed E-state index contributed by atoms with van der Waals surface area (Å²) in [5.74, 6) is -2.28. The predicted molar refractivity (Wildman–Crippen MR) is 159 cm³/mol. The van der Waals surface area contributed by atoms with E-state index in [9.17, 15) is 27.2 Å². The number of aliphatic carboxylic acids is 1. The van der Waals surface area contributed by atoms with Crippen molar-refractivity contribution in [2.24, 2.45) is 0 Å². The number of amides is 3. The third-order valence-electron chi connectivity index (χ3n) is 6.87. The number of allylic oxidation sites excluding steroid dienone is 2. The maximum absolute atomic E-state index is 13.6. The summed E-state index contributed by atoms with van der Waals surface area (Å²) < 4.78 is 37.3. The van der Waals surface area contributed by atoms with Crippen LogP contribution in [0.1, 0.15) is 47.2 Å². The van der Waals surface area contributed by atoms with Gasteiger partial charge in [0, 0.05) is 23.2 Å². The summed E-state index contributed by atoms with van der Waals surface area (Å²) in [6.07, 6.45) is 5.48. The molecule has 1 aliphatic rings. The van der Waals surface area contributed by atoms with Gasteiger partial charge >= 0.3 is 12.0 Å². The van der Waals surface area contributed by atoms with Gasteiger partial charge in [-0.25, -0.2) is 22.4 Å². The molecule has 0 saturated carbocycles. The van der Waals surface area contributed by atoms with Crippen LogP contribution in [0.4, 0.5) is 20.6 Å². The highest BCUT2D eigenvalue weighted by Gasteiger charge is 2.20. The van der Waals surface area contributed by atoms with E-state index in [2.05, 4.69) is 16.7 Å². The SMILES string of the molecule is CS(=O)(=O)c1cccc(NC(=O)N(Cc2ccc(C(=O)NCC(F)C(=O)O)cc2)c2ccc(C3=CCCCC3)cc2)c1. The third-order valence-corrected chi connectivity index (χ3v) is 7.98. The molecule has 3 aromatic carbocycles. The summed E-state index contributed by atoms with van der Waals surface area (Å²) in [4.78, 5) is 38.1. The Kier molecular flexibility index (Phi) is 9.74. The van der Waals surface area contributed by atoms with Gasteiger partial charge in [-0.3, -0.25) is 9.69 Å². The van der Waals surface area contributed by atoms with Crippen molar-refractivity contribution in [2.75, 3.05) is 23.0 Å².